The Labute approximate surface area is 132 Å². The second kappa shape index (κ2) is 6.24. The van der Waals surface area contributed by atoms with Crippen molar-refractivity contribution in [2.24, 2.45) is 0 Å². The van der Waals surface area contributed by atoms with Crippen LogP contribution in [0.25, 0.3) is 0 Å². The molecule has 6 heteroatoms. The molecule has 118 valence electrons. The van der Waals surface area contributed by atoms with Crippen molar-refractivity contribution in [1.29, 1.82) is 0 Å². The van der Waals surface area contributed by atoms with Gasteiger partial charge in [-0.1, -0.05) is 18.5 Å². The Balaban J connectivity index is 1.93. The third-order valence-electron chi connectivity index (χ3n) is 4.70. The highest BCUT2D eigenvalue weighted by Crippen LogP contribution is 2.32. The Hall–Kier alpha value is -0.620. The van der Waals surface area contributed by atoms with Crippen LogP contribution < -0.4 is 5.32 Å². The molecule has 3 aliphatic heterocycles. The highest BCUT2D eigenvalue weighted by atomic mass is 35.5. The quantitative estimate of drug-likeness (QED) is 0.899. The van der Waals surface area contributed by atoms with Crippen LogP contribution in [0.15, 0.2) is 6.20 Å². The minimum Gasteiger partial charge on any atom is -0.308 e. The zero-order valence-electron chi connectivity index (χ0n) is 13.2. The summed E-state index contributed by atoms with van der Waals surface area (Å²) in [6.07, 6.45) is 1.79. The van der Waals surface area contributed by atoms with Crippen molar-refractivity contribution in [3.05, 3.63) is 16.9 Å². The van der Waals surface area contributed by atoms with Gasteiger partial charge >= 0.3 is 0 Å². The van der Waals surface area contributed by atoms with Crippen molar-refractivity contribution in [1.82, 2.24) is 24.9 Å². The molecule has 4 rings (SSSR count). The molecule has 1 N–H and O–H groups in total. The Morgan fingerprint density at radius 1 is 1.33 bits per heavy atom. The molecule has 0 saturated carbocycles. The molecule has 3 fully saturated rings. The van der Waals surface area contributed by atoms with Gasteiger partial charge in [-0.25, -0.2) is 0 Å². The first kappa shape index (κ1) is 15.3. The number of nitrogens with one attached hydrogen (secondary N) is 1. The van der Waals surface area contributed by atoms with E-state index in [1.807, 2.05) is 0 Å². The molecule has 21 heavy (non-hydrogen) atoms. The zero-order valence-corrected chi connectivity index (χ0v) is 14.0. The van der Waals surface area contributed by atoms with Crippen molar-refractivity contribution in [2.45, 2.75) is 38.9 Å². The fraction of sp³-hybridized carbons (Fsp3) is 0.800. The topological polar surface area (TPSA) is 36.3 Å². The zero-order chi connectivity index (χ0) is 15.0. The molecule has 5 nitrogen and oxygen atoms in total. The average molecular weight is 312 g/mol. The monoisotopic (exact) mass is 311 g/mol. The minimum atomic E-state index is 0.246. The lowest BCUT2D eigenvalue weighted by atomic mass is 9.97. The summed E-state index contributed by atoms with van der Waals surface area (Å²) in [6, 6.07) is 1.05. The molecule has 1 aromatic heterocycles. The number of aromatic nitrogens is 2. The maximum atomic E-state index is 6.49. The van der Waals surface area contributed by atoms with E-state index in [4.69, 9.17) is 11.6 Å². The molecule has 2 atom stereocenters. The fourth-order valence-electron chi connectivity index (χ4n) is 3.66. The first-order valence-electron chi connectivity index (χ1n) is 8.04. The molecular formula is C15H26ClN5. The van der Waals surface area contributed by atoms with E-state index < -0.39 is 0 Å². The normalized spacial score (nSPS) is 30.0. The third-order valence-corrected chi connectivity index (χ3v) is 4.99. The largest absolute Gasteiger partial charge is 0.308 e. The van der Waals surface area contributed by atoms with E-state index in [-0.39, 0.29) is 6.04 Å². The van der Waals surface area contributed by atoms with Crippen LogP contribution in [0.1, 0.15) is 38.5 Å². The number of fused-ring (bicyclic) bond motifs is 3. The highest BCUT2D eigenvalue weighted by Gasteiger charge is 2.39. The molecule has 2 unspecified atom stereocenters. The van der Waals surface area contributed by atoms with E-state index in [1.54, 1.807) is 6.20 Å². The van der Waals surface area contributed by atoms with Crippen molar-refractivity contribution < 1.29 is 0 Å². The van der Waals surface area contributed by atoms with Crippen LogP contribution in [-0.2, 0) is 0 Å². The minimum absolute atomic E-state index is 0.246. The summed E-state index contributed by atoms with van der Waals surface area (Å²) >= 11 is 6.49. The van der Waals surface area contributed by atoms with Crippen LogP contribution in [0, 0.1) is 0 Å². The Morgan fingerprint density at radius 2 is 2.05 bits per heavy atom. The van der Waals surface area contributed by atoms with Crippen molar-refractivity contribution in [2.75, 3.05) is 39.3 Å². The van der Waals surface area contributed by atoms with Crippen LogP contribution in [0.3, 0.4) is 0 Å². The number of halogens is 1. The highest BCUT2D eigenvalue weighted by molar-refractivity contribution is 6.31. The number of nitrogens with zero attached hydrogens (tertiary/aromatic N) is 4. The number of rotatable bonds is 5. The first-order chi connectivity index (χ1) is 10.1. The predicted molar refractivity (Wildman–Crippen MR) is 85.8 cm³/mol. The van der Waals surface area contributed by atoms with E-state index in [9.17, 15) is 0 Å². The number of likely N-dealkylation sites (N-methyl/N-ethyl adjacent to an activating group) is 1. The maximum Gasteiger partial charge on any atom is 0.0834 e. The number of hydrogen-bond donors (Lipinski definition) is 1. The molecule has 3 saturated heterocycles. The van der Waals surface area contributed by atoms with Gasteiger partial charge in [0.1, 0.15) is 0 Å². The van der Waals surface area contributed by atoms with Gasteiger partial charge in [0.05, 0.1) is 23.0 Å². The Morgan fingerprint density at radius 3 is 2.57 bits per heavy atom. The van der Waals surface area contributed by atoms with Gasteiger partial charge in [0, 0.05) is 44.8 Å². The SMILES string of the molecule is CCNC(c1c(Cl)cnn1C(C)C)C1CN2CCN1CC2. The van der Waals surface area contributed by atoms with E-state index >= 15 is 0 Å². The summed E-state index contributed by atoms with van der Waals surface area (Å²) < 4.78 is 2.08. The third kappa shape index (κ3) is 2.84. The summed E-state index contributed by atoms with van der Waals surface area (Å²) in [4.78, 5) is 5.18. The fourth-order valence-corrected chi connectivity index (χ4v) is 3.91. The second-order valence-electron chi connectivity index (χ2n) is 6.36. The molecule has 0 amide bonds. The maximum absolute atomic E-state index is 6.49. The van der Waals surface area contributed by atoms with Crippen LogP contribution in [-0.4, -0.2) is 64.9 Å². The van der Waals surface area contributed by atoms with Gasteiger partial charge in [0.15, 0.2) is 0 Å². The van der Waals surface area contributed by atoms with E-state index in [1.165, 1.54) is 26.2 Å². The van der Waals surface area contributed by atoms with Crippen LogP contribution in [0.4, 0.5) is 0 Å². The lowest BCUT2D eigenvalue weighted by molar-refractivity contribution is -0.00486. The van der Waals surface area contributed by atoms with Crippen molar-refractivity contribution in [3.8, 4) is 0 Å². The lowest BCUT2D eigenvalue weighted by Gasteiger charge is -2.50. The van der Waals surface area contributed by atoms with Crippen LogP contribution >= 0.6 is 11.6 Å². The van der Waals surface area contributed by atoms with Crippen molar-refractivity contribution >= 4 is 11.6 Å². The molecule has 0 aromatic carbocycles. The summed E-state index contributed by atoms with van der Waals surface area (Å²) in [7, 11) is 0. The molecule has 1 aromatic rings. The summed E-state index contributed by atoms with van der Waals surface area (Å²) in [5, 5.41) is 8.93. The molecule has 0 spiro atoms. The Bertz CT molecular complexity index is 478. The standard InChI is InChI=1S/C15H26ClN5/c1-4-17-14(13-10-19-5-7-20(13)8-6-19)15-12(16)9-18-21(15)11(2)3/h9,11,13-14,17H,4-8,10H2,1-3H3. The number of piperazine rings is 3. The van der Waals surface area contributed by atoms with Gasteiger partial charge in [-0.3, -0.25) is 14.5 Å². The molecule has 4 heterocycles. The van der Waals surface area contributed by atoms with Gasteiger partial charge in [-0.05, 0) is 20.4 Å². The van der Waals surface area contributed by atoms with Gasteiger partial charge in [-0.2, -0.15) is 5.10 Å². The van der Waals surface area contributed by atoms with E-state index in [0.717, 1.165) is 23.8 Å². The molecular weight excluding hydrogens is 286 g/mol. The van der Waals surface area contributed by atoms with Crippen LogP contribution in [0.5, 0.6) is 0 Å². The van der Waals surface area contributed by atoms with Crippen molar-refractivity contribution in [3.63, 3.8) is 0 Å². The molecule has 0 aliphatic carbocycles. The number of hydrogen-bond acceptors (Lipinski definition) is 4. The second-order valence-corrected chi connectivity index (χ2v) is 6.76. The smallest absolute Gasteiger partial charge is 0.0834 e. The van der Waals surface area contributed by atoms with Gasteiger partial charge < -0.3 is 5.32 Å². The summed E-state index contributed by atoms with van der Waals surface area (Å²) in [5.74, 6) is 0. The average Bonchev–Trinajstić information content (AvgIpc) is 2.88. The van der Waals surface area contributed by atoms with Gasteiger partial charge in [0.2, 0.25) is 0 Å². The molecule has 3 aliphatic rings. The van der Waals surface area contributed by atoms with Gasteiger partial charge in [-0.15, -0.1) is 0 Å². The van der Waals surface area contributed by atoms with E-state index in [0.29, 0.717) is 12.1 Å². The molecule has 2 bridgehead atoms. The first-order valence-corrected chi connectivity index (χ1v) is 8.42. The summed E-state index contributed by atoms with van der Waals surface area (Å²) in [5.41, 5.74) is 1.15. The lowest BCUT2D eigenvalue weighted by Crippen LogP contribution is -2.64. The van der Waals surface area contributed by atoms with Crippen LogP contribution in [0.2, 0.25) is 5.02 Å². The van der Waals surface area contributed by atoms with Gasteiger partial charge in [0.25, 0.3) is 0 Å². The predicted octanol–water partition coefficient (Wildman–Crippen LogP) is 1.77. The van der Waals surface area contributed by atoms with E-state index in [2.05, 4.69) is 45.7 Å². The summed E-state index contributed by atoms with van der Waals surface area (Å²) in [6.45, 7) is 13.3. The molecule has 0 radical (unpaired) electrons. The Kier molecular flexibility index (Phi) is 4.54.